The van der Waals surface area contributed by atoms with Gasteiger partial charge in [0.2, 0.25) is 0 Å². The van der Waals surface area contributed by atoms with Crippen LogP contribution in [-0.4, -0.2) is 75.7 Å². The Bertz CT molecular complexity index is 2020. The van der Waals surface area contributed by atoms with E-state index < -0.39 is 28.2 Å². The molecule has 286 valence electrons. The third-order valence-corrected chi connectivity index (χ3v) is 12.7. The van der Waals surface area contributed by atoms with Gasteiger partial charge in [-0.3, -0.25) is 19.6 Å². The lowest BCUT2D eigenvalue weighted by Crippen LogP contribution is -2.54. The molecule has 12 nitrogen and oxygen atoms in total. The van der Waals surface area contributed by atoms with Crippen LogP contribution in [0.4, 0.5) is 25.8 Å². The molecule has 4 N–H and O–H groups in total. The zero-order valence-corrected chi connectivity index (χ0v) is 30.8. The van der Waals surface area contributed by atoms with Crippen LogP contribution in [0.5, 0.6) is 11.5 Å². The number of halogens is 2. The number of nitro benzene ring substituents is 1. The number of carbonyl (C=O) groups is 1. The summed E-state index contributed by atoms with van der Waals surface area (Å²) >= 11 is 0.800. The Morgan fingerprint density at radius 2 is 1.83 bits per heavy atom. The summed E-state index contributed by atoms with van der Waals surface area (Å²) in [5.41, 5.74) is 0.400. The maximum absolute atomic E-state index is 16.7. The lowest BCUT2D eigenvalue weighted by Gasteiger charge is -2.55. The van der Waals surface area contributed by atoms with Crippen LogP contribution in [0.3, 0.4) is 0 Å². The van der Waals surface area contributed by atoms with Gasteiger partial charge in [0.1, 0.15) is 22.8 Å². The minimum Gasteiger partial charge on any atom is -0.452 e. The van der Waals surface area contributed by atoms with Crippen LogP contribution in [0.15, 0.2) is 53.7 Å². The Morgan fingerprint density at radius 1 is 1.07 bits per heavy atom. The molecule has 4 aromatic rings. The first-order valence-electron chi connectivity index (χ1n) is 18.9. The first-order chi connectivity index (χ1) is 26.1. The second-order valence-corrected chi connectivity index (χ2v) is 16.3. The number of aliphatic hydroxyl groups is 1. The number of hydrogen-bond donors (Lipinski definition) is 4. The van der Waals surface area contributed by atoms with Crippen molar-refractivity contribution < 1.29 is 28.3 Å². The van der Waals surface area contributed by atoms with E-state index in [0.29, 0.717) is 66.1 Å². The van der Waals surface area contributed by atoms with Crippen molar-refractivity contribution in [3.8, 4) is 11.5 Å². The van der Waals surface area contributed by atoms with E-state index in [0.717, 1.165) is 69.6 Å². The topological polar surface area (TPSA) is 149 Å². The molecule has 2 aliphatic carbocycles. The molecule has 0 radical (unpaired) electrons. The maximum atomic E-state index is 16.7. The van der Waals surface area contributed by atoms with E-state index in [1.54, 1.807) is 35.4 Å². The van der Waals surface area contributed by atoms with Crippen molar-refractivity contribution in [1.82, 2.24) is 19.6 Å². The number of carbonyl (C=O) groups excluding carboxylic acids is 1. The summed E-state index contributed by atoms with van der Waals surface area (Å²) in [6.45, 7) is 3.84. The predicted molar refractivity (Wildman–Crippen MR) is 203 cm³/mol. The molecule has 0 unspecified atom stereocenters. The number of nitrogens with one attached hydrogen (secondary N) is 3. The number of pyridine rings is 1. The van der Waals surface area contributed by atoms with Crippen LogP contribution in [0, 0.1) is 33.1 Å². The maximum Gasteiger partial charge on any atom is 0.293 e. The second kappa shape index (κ2) is 15.3. The number of ether oxygens (including phenoxy) is 1. The molecule has 2 aromatic heterocycles. The highest BCUT2D eigenvalue weighted by atomic mass is 32.2. The van der Waals surface area contributed by atoms with Crippen LogP contribution in [-0.2, 0) is 0 Å². The van der Waals surface area contributed by atoms with Gasteiger partial charge in [0.05, 0.1) is 22.8 Å². The van der Waals surface area contributed by atoms with Gasteiger partial charge in [-0.25, -0.2) is 13.8 Å². The predicted octanol–water partition coefficient (Wildman–Crippen LogP) is 7.79. The summed E-state index contributed by atoms with van der Waals surface area (Å²) in [5, 5.41) is 25.7. The smallest absolute Gasteiger partial charge is 0.293 e. The number of nitrogens with zero attached hydrogens (tertiary/aromatic N) is 4. The number of fused-ring (bicyclic) bond motifs is 1. The summed E-state index contributed by atoms with van der Waals surface area (Å²) in [7, 11) is 0. The number of likely N-dealkylation sites (tertiary alicyclic amines) is 1. The summed E-state index contributed by atoms with van der Waals surface area (Å²) < 4.78 is 41.4. The number of aromatic nitrogens is 2. The van der Waals surface area contributed by atoms with E-state index in [1.807, 2.05) is 0 Å². The van der Waals surface area contributed by atoms with Crippen molar-refractivity contribution in [2.45, 2.75) is 81.2 Å². The van der Waals surface area contributed by atoms with Crippen LogP contribution >= 0.6 is 11.9 Å². The lowest BCUT2D eigenvalue weighted by molar-refractivity contribution is -0.384. The van der Waals surface area contributed by atoms with E-state index in [1.165, 1.54) is 25.1 Å². The Kier molecular flexibility index (Phi) is 10.4. The first-order valence-corrected chi connectivity index (χ1v) is 19.8. The van der Waals surface area contributed by atoms with Crippen molar-refractivity contribution in [3.63, 3.8) is 0 Å². The number of piperidine rings is 1. The first kappa shape index (κ1) is 36.5. The lowest BCUT2D eigenvalue weighted by atomic mass is 9.60. The summed E-state index contributed by atoms with van der Waals surface area (Å²) in [6, 6.07) is 9.60. The Morgan fingerprint density at radius 3 is 2.57 bits per heavy atom. The van der Waals surface area contributed by atoms with Crippen LogP contribution < -0.4 is 19.7 Å². The van der Waals surface area contributed by atoms with Gasteiger partial charge in [0, 0.05) is 48.2 Å². The summed E-state index contributed by atoms with van der Waals surface area (Å²) in [5.74, 6) is -2.64. The van der Waals surface area contributed by atoms with Gasteiger partial charge < -0.3 is 29.9 Å². The fraction of sp³-hybridized carbons (Fsp3) is 0.487. The molecule has 2 aromatic carbocycles. The number of H-pyrrole nitrogens is 1. The highest BCUT2D eigenvalue weighted by molar-refractivity contribution is 7.98. The minimum absolute atomic E-state index is 0.167. The van der Waals surface area contributed by atoms with Crippen LogP contribution in [0.1, 0.15) is 74.6 Å². The fourth-order valence-electron chi connectivity index (χ4n) is 8.80. The molecule has 54 heavy (non-hydrogen) atoms. The van der Waals surface area contributed by atoms with E-state index in [4.69, 9.17) is 4.74 Å². The number of anilines is 2. The molecule has 2 aliphatic heterocycles. The van der Waals surface area contributed by atoms with E-state index in [9.17, 15) is 20.0 Å². The van der Waals surface area contributed by atoms with E-state index >= 15 is 8.78 Å². The quantitative estimate of drug-likeness (QED) is 0.0678. The second-order valence-electron chi connectivity index (χ2n) is 15.4. The molecular weight excluding hydrogens is 717 g/mol. The van der Waals surface area contributed by atoms with Gasteiger partial charge in [0.15, 0.2) is 17.4 Å². The Labute approximate surface area is 316 Å². The Balaban J connectivity index is 0.998. The molecule has 0 bridgehead atoms. The Hall–Kier alpha value is -4.47. The number of benzene rings is 2. The van der Waals surface area contributed by atoms with Crippen molar-refractivity contribution >= 4 is 46.0 Å². The largest absolute Gasteiger partial charge is 0.452 e. The molecule has 0 atom stereocenters. The minimum atomic E-state index is -0.975. The monoisotopic (exact) mass is 761 g/mol. The molecule has 1 spiro atoms. The third-order valence-electron chi connectivity index (χ3n) is 11.9. The number of aromatic amines is 1. The molecular formula is C39H45F2N7O5S. The van der Waals surface area contributed by atoms with E-state index in [2.05, 4.69) is 24.9 Å². The van der Waals surface area contributed by atoms with Gasteiger partial charge in [-0.2, -0.15) is 0 Å². The highest BCUT2D eigenvalue weighted by Crippen LogP contribution is 2.52. The zero-order valence-electron chi connectivity index (χ0n) is 30.0. The average molecular weight is 762 g/mol. The third kappa shape index (κ3) is 7.58. The van der Waals surface area contributed by atoms with Gasteiger partial charge in [-0.1, -0.05) is 0 Å². The molecule has 1 amide bonds. The standard InChI is InChI=1S/C39H45F2N7O5S/c40-31-19-30(38(50)45-54-29-7-8-32(33(18-29)48(51)52)43-22-24-3-5-27(49)6-4-24)36(53-28-17-25-9-12-42-37(25)44-23-28)34(41)35(31)47-15-10-39(11-16-47)20-26(21-39)46-13-1-2-14-46/h7-9,12,17-19,23-24,26-27,43,49H,1-6,10-11,13-16,20-22H2,(H,42,44)(H,45,50). The number of hydrogen-bond acceptors (Lipinski definition) is 10. The van der Waals surface area contributed by atoms with Crippen LogP contribution in [0.25, 0.3) is 11.0 Å². The molecule has 4 fully saturated rings. The SMILES string of the molecule is O=C(NSc1ccc(NCC2CCC(O)CC2)c([N+](=O)[O-])c1)c1cc(F)c(N2CCC3(CC2)CC(N2CCCC2)C3)c(F)c1Oc1cnc2[nH]ccc2c1. The highest BCUT2D eigenvalue weighted by Gasteiger charge is 2.48. The molecule has 2 saturated heterocycles. The van der Waals surface area contributed by atoms with Crippen molar-refractivity contribution in [2.24, 2.45) is 11.3 Å². The van der Waals surface area contributed by atoms with E-state index in [-0.39, 0.29) is 34.2 Å². The number of amides is 1. The number of aliphatic hydroxyl groups excluding tert-OH is 1. The number of rotatable bonds is 11. The van der Waals surface area contributed by atoms with Gasteiger partial charge in [0.25, 0.3) is 11.6 Å². The zero-order chi connectivity index (χ0) is 37.4. The molecule has 15 heteroatoms. The molecule has 2 saturated carbocycles. The van der Waals surface area contributed by atoms with Gasteiger partial charge in [-0.15, -0.1) is 0 Å². The molecule has 4 aliphatic rings. The van der Waals surface area contributed by atoms with Crippen molar-refractivity contribution in [3.05, 3.63) is 76.1 Å². The van der Waals surface area contributed by atoms with Crippen molar-refractivity contribution in [1.29, 1.82) is 0 Å². The van der Waals surface area contributed by atoms with Gasteiger partial charge >= 0.3 is 0 Å². The normalized spacial score (nSPS) is 21.6. The number of nitro groups is 1. The van der Waals surface area contributed by atoms with Crippen molar-refractivity contribution in [2.75, 3.05) is 42.9 Å². The fourth-order valence-corrected chi connectivity index (χ4v) is 9.43. The summed E-state index contributed by atoms with van der Waals surface area (Å²) in [4.78, 5) is 37.2. The van der Waals surface area contributed by atoms with Crippen LogP contribution in [0.2, 0.25) is 0 Å². The average Bonchev–Trinajstić information content (AvgIpc) is 3.87. The summed E-state index contributed by atoms with van der Waals surface area (Å²) in [6.07, 6.45) is 12.4. The van der Waals surface area contributed by atoms with Gasteiger partial charge in [-0.05, 0) is 131 Å². The molecule has 4 heterocycles. The molecule has 8 rings (SSSR count).